The first-order chi connectivity index (χ1) is 8.58. The van der Waals surface area contributed by atoms with Crippen LogP contribution < -0.4 is 5.73 Å². The SMILES string of the molecule is CC(=O)OC(Cc1c[nH]c2ccccc12)C(C)[NH3+]. The molecule has 0 bridgehead atoms. The Labute approximate surface area is 106 Å². The summed E-state index contributed by atoms with van der Waals surface area (Å²) in [7, 11) is 0. The van der Waals surface area contributed by atoms with Crippen LogP contribution in [0.3, 0.4) is 0 Å². The highest BCUT2D eigenvalue weighted by atomic mass is 16.5. The molecule has 4 N–H and O–H groups in total. The first kappa shape index (κ1) is 12.6. The number of aromatic nitrogens is 1. The Hall–Kier alpha value is -1.81. The summed E-state index contributed by atoms with van der Waals surface area (Å²) in [5.74, 6) is -0.254. The molecular weight excluding hydrogens is 228 g/mol. The van der Waals surface area contributed by atoms with Crippen molar-refractivity contribution in [3.8, 4) is 0 Å². The monoisotopic (exact) mass is 247 g/mol. The lowest BCUT2D eigenvalue weighted by Gasteiger charge is -2.17. The number of fused-ring (bicyclic) bond motifs is 1. The summed E-state index contributed by atoms with van der Waals surface area (Å²) in [5, 5.41) is 1.18. The Balaban J connectivity index is 2.23. The van der Waals surface area contributed by atoms with Crippen molar-refractivity contribution in [2.75, 3.05) is 0 Å². The summed E-state index contributed by atoms with van der Waals surface area (Å²) < 4.78 is 5.32. The molecule has 0 aliphatic heterocycles. The zero-order valence-corrected chi connectivity index (χ0v) is 10.8. The van der Waals surface area contributed by atoms with Gasteiger partial charge in [0.2, 0.25) is 0 Å². The summed E-state index contributed by atoms with van der Waals surface area (Å²) in [6.07, 6.45) is 2.49. The normalized spacial score (nSPS) is 14.4. The van der Waals surface area contributed by atoms with Gasteiger partial charge in [0.05, 0.1) is 0 Å². The van der Waals surface area contributed by atoms with Gasteiger partial charge in [0.1, 0.15) is 6.04 Å². The summed E-state index contributed by atoms with van der Waals surface area (Å²) in [6.45, 7) is 3.40. The fourth-order valence-electron chi connectivity index (χ4n) is 2.09. The molecule has 0 fully saturated rings. The van der Waals surface area contributed by atoms with E-state index in [0.717, 1.165) is 11.1 Å². The second-order valence-corrected chi connectivity index (χ2v) is 4.69. The number of para-hydroxylation sites is 1. The van der Waals surface area contributed by atoms with Crippen LogP contribution in [0.15, 0.2) is 30.5 Å². The third-order valence-corrected chi connectivity index (χ3v) is 3.05. The summed E-state index contributed by atoms with van der Waals surface area (Å²) in [4.78, 5) is 14.3. The Morgan fingerprint density at radius 1 is 1.44 bits per heavy atom. The fourth-order valence-corrected chi connectivity index (χ4v) is 2.09. The Bertz CT molecular complexity index is 545. The quantitative estimate of drug-likeness (QED) is 0.799. The van der Waals surface area contributed by atoms with Crippen LogP contribution in [0.2, 0.25) is 0 Å². The van der Waals surface area contributed by atoms with E-state index in [1.807, 2.05) is 31.3 Å². The minimum absolute atomic E-state index is 0.0579. The van der Waals surface area contributed by atoms with Gasteiger partial charge in [-0.3, -0.25) is 4.79 Å². The highest BCUT2D eigenvalue weighted by Gasteiger charge is 2.21. The molecule has 2 rings (SSSR count). The average molecular weight is 247 g/mol. The molecule has 18 heavy (non-hydrogen) atoms. The zero-order valence-electron chi connectivity index (χ0n) is 10.8. The maximum atomic E-state index is 11.1. The van der Waals surface area contributed by atoms with Gasteiger partial charge in [0.15, 0.2) is 6.10 Å². The number of benzene rings is 1. The van der Waals surface area contributed by atoms with Crippen molar-refractivity contribution in [3.63, 3.8) is 0 Å². The second-order valence-electron chi connectivity index (χ2n) is 4.69. The minimum atomic E-state index is -0.254. The molecule has 0 saturated carbocycles. The maximum Gasteiger partial charge on any atom is 0.303 e. The number of nitrogens with one attached hydrogen (secondary N) is 1. The standard InChI is InChI=1S/C14H18N2O2/c1-9(15)14(18-10(2)17)7-11-8-16-13-6-4-3-5-12(11)13/h3-6,8-9,14,16H,7,15H2,1-2H3/p+1. The lowest BCUT2D eigenvalue weighted by Crippen LogP contribution is -2.65. The number of carbonyl (C=O) groups excluding carboxylic acids is 1. The van der Waals surface area contributed by atoms with E-state index in [4.69, 9.17) is 4.74 Å². The van der Waals surface area contributed by atoms with E-state index in [0.29, 0.717) is 6.42 Å². The van der Waals surface area contributed by atoms with Crippen molar-refractivity contribution in [2.45, 2.75) is 32.4 Å². The molecule has 0 spiro atoms. The molecule has 2 unspecified atom stereocenters. The molecule has 0 radical (unpaired) electrons. The van der Waals surface area contributed by atoms with Crippen LogP contribution >= 0.6 is 0 Å². The molecule has 0 amide bonds. The topological polar surface area (TPSA) is 69.7 Å². The number of aromatic amines is 1. The predicted octanol–water partition coefficient (Wildman–Crippen LogP) is 1.27. The van der Waals surface area contributed by atoms with Crippen LogP contribution in [0, 0.1) is 0 Å². The van der Waals surface area contributed by atoms with E-state index >= 15 is 0 Å². The van der Waals surface area contributed by atoms with Gasteiger partial charge in [-0.1, -0.05) is 18.2 Å². The molecule has 96 valence electrons. The Kier molecular flexibility index (Phi) is 3.67. The number of esters is 1. The van der Waals surface area contributed by atoms with Crippen LogP contribution in [0.5, 0.6) is 0 Å². The van der Waals surface area contributed by atoms with Crippen LogP contribution in [0.1, 0.15) is 19.4 Å². The molecule has 0 aliphatic carbocycles. The highest BCUT2D eigenvalue weighted by molar-refractivity contribution is 5.83. The smallest absolute Gasteiger partial charge is 0.303 e. The van der Waals surface area contributed by atoms with Crippen molar-refractivity contribution in [3.05, 3.63) is 36.0 Å². The molecule has 2 atom stereocenters. The third-order valence-electron chi connectivity index (χ3n) is 3.05. The van der Waals surface area contributed by atoms with Crippen molar-refractivity contribution < 1.29 is 15.3 Å². The van der Waals surface area contributed by atoms with E-state index in [9.17, 15) is 4.79 Å². The van der Waals surface area contributed by atoms with E-state index in [2.05, 4.69) is 16.8 Å². The summed E-state index contributed by atoms with van der Waals surface area (Å²) in [5.41, 5.74) is 6.23. The van der Waals surface area contributed by atoms with Crippen molar-refractivity contribution >= 4 is 16.9 Å². The Morgan fingerprint density at radius 3 is 2.83 bits per heavy atom. The van der Waals surface area contributed by atoms with Gasteiger partial charge >= 0.3 is 5.97 Å². The van der Waals surface area contributed by atoms with E-state index < -0.39 is 0 Å². The first-order valence-electron chi connectivity index (χ1n) is 6.13. The second kappa shape index (κ2) is 5.23. The molecule has 2 aromatic rings. The number of rotatable bonds is 4. The van der Waals surface area contributed by atoms with E-state index in [1.54, 1.807) is 0 Å². The number of hydrogen-bond donors (Lipinski definition) is 2. The highest BCUT2D eigenvalue weighted by Crippen LogP contribution is 2.20. The molecule has 1 heterocycles. The molecule has 4 nitrogen and oxygen atoms in total. The van der Waals surface area contributed by atoms with Crippen molar-refractivity contribution in [1.82, 2.24) is 4.98 Å². The minimum Gasteiger partial charge on any atom is -0.456 e. The van der Waals surface area contributed by atoms with E-state index in [1.165, 1.54) is 12.3 Å². The number of quaternary nitrogens is 1. The van der Waals surface area contributed by atoms with Crippen LogP contribution in [0.4, 0.5) is 0 Å². The fraction of sp³-hybridized carbons (Fsp3) is 0.357. The summed E-state index contributed by atoms with van der Waals surface area (Å²) >= 11 is 0. The van der Waals surface area contributed by atoms with Gasteiger partial charge in [-0.15, -0.1) is 0 Å². The van der Waals surface area contributed by atoms with Gasteiger partial charge in [-0.25, -0.2) is 0 Å². The third kappa shape index (κ3) is 2.71. The number of ether oxygens (including phenoxy) is 1. The maximum absolute atomic E-state index is 11.1. The Morgan fingerprint density at radius 2 is 2.17 bits per heavy atom. The van der Waals surface area contributed by atoms with Gasteiger partial charge in [0, 0.05) is 30.4 Å². The number of H-pyrrole nitrogens is 1. The zero-order chi connectivity index (χ0) is 13.1. The predicted molar refractivity (Wildman–Crippen MR) is 69.9 cm³/mol. The molecular formula is C14H19N2O2+. The van der Waals surface area contributed by atoms with Gasteiger partial charge in [0.25, 0.3) is 0 Å². The molecule has 4 heteroatoms. The summed E-state index contributed by atoms with van der Waals surface area (Å²) in [6, 6.07) is 8.17. The van der Waals surface area contributed by atoms with Gasteiger partial charge in [-0.2, -0.15) is 0 Å². The molecule has 1 aromatic heterocycles. The van der Waals surface area contributed by atoms with Crippen LogP contribution in [-0.2, 0) is 16.0 Å². The lowest BCUT2D eigenvalue weighted by molar-refractivity contribution is -0.431. The average Bonchev–Trinajstić information content (AvgIpc) is 2.71. The molecule has 0 aliphatic rings. The molecule has 0 saturated heterocycles. The molecule has 1 aromatic carbocycles. The van der Waals surface area contributed by atoms with E-state index in [-0.39, 0.29) is 18.1 Å². The first-order valence-corrected chi connectivity index (χ1v) is 6.13. The van der Waals surface area contributed by atoms with Crippen molar-refractivity contribution in [1.29, 1.82) is 0 Å². The van der Waals surface area contributed by atoms with Gasteiger partial charge in [-0.05, 0) is 18.6 Å². The number of carbonyl (C=O) groups is 1. The van der Waals surface area contributed by atoms with Crippen LogP contribution in [-0.4, -0.2) is 23.1 Å². The van der Waals surface area contributed by atoms with Crippen molar-refractivity contribution in [2.24, 2.45) is 0 Å². The largest absolute Gasteiger partial charge is 0.456 e. The van der Waals surface area contributed by atoms with Crippen LogP contribution in [0.25, 0.3) is 10.9 Å². The number of hydrogen-bond acceptors (Lipinski definition) is 2. The lowest BCUT2D eigenvalue weighted by atomic mass is 10.0. The van der Waals surface area contributed by atoms with Gasteiger partial charge < -0.3 is 15.5 Å².